The van der Waals surface area contributed by atoms with Crippen LogP contribution in [0.15, 0.2) is 12.2 Å². The molecule has 0 aromatic rings. The first-order valence-corrected chi connectivity index (χ1v) is 40.1. The molecule has 3 heterocycles. The van der Waals surface area contributed by atoms with Gasteiger partial charge in [0.05, 0.1) is 37.6 Å². The molecule has 12 amide bonds. The van der Waals surface area contributed by atoms with Gasteiger partial charge in [0.2, 0.25) is 70.9 Å². The van der Waals surface area contributed by atoms with Gasteiger partial charge in [-0.25, -0.2) is 0 Å². The molecule has 3 aliphatic heterocycles. The van der Waals surface area contributed by atoms with Gasteiger partial charge in [0.1, 0.15) is 53.9 Å². The molecule has 3 unspecified atom stereocenters. The smallest absolute Gasteiger partial charge is 0.381 e. The van der Waals surface area contributed by atoms with Gasteiger partial charge in [0.25, 0.3) is 0 Å². The molecule has 26 nitrogen and oxygen atoms in total. The van der Waals surface area contributed by atoms with E-state index in [-0.39, 0.29) is 109 Å². The maximum atomic E-state index is 15.9. The molecule has 1 spiro atoms. The molecule has 7 fully saturated rings. The van der Waals surface area contributed by atoms with E-state index in [0.717, 1.165) is 54.7 Å². The second-order valence-corrected chi connectivity index (χ2v) is 34.0. The molecule has 5 saturated carbocycles. The lowest BCUT2D eigenvalue weighted by atomic mass is 9.58. The highest BCUT2D eigenvalue weighted by Crippen LogP contribution is 2.51. The second kappa shape index (κ2) is 37.4. The van der Waals surface area contributed by atoms with E-state index in [0.29, 0.717) is 43.9 Å². The Morgan fingerprint density at radius 2 is 1.31 bits per heavy atom. The van der Waals surface area contributed by atoms with Crippen LogP contribution in [-0.2, 0) is 67.0 Å². The third kappa shape index (κ3) is 20.8. The number of amides is 12. The van der Waals surface area contributed by atoms with Crippen LogP contribution in [-0.4, -0.2) is 284 Å². The van der Waals surface area contributed by atoms with Gasteiger partial charge in [-0.15, -0.1) is 0 Å². The van der Waals surface area contributed by atoms with Gasteiger partial charge in [-0.1, -0.05) is 72.5 Å². The van der Waals surface area contributed by atoms with Crippen LogP contribution in [0, 0.1) is 46.8 Å². The molecule has 5 aliphatic carbocycles. The minimum atomic E-state index is -4.44. The van der Waals surface area contributed by atoms with Crippen LogP contribution in [0.25, 0.3) is 0 Å². The fourth-order valence-corrected chi connectivity index (χ4v) is 18.8. The monoisotopic (exact) mass is 1520 g/mol. The third-order valence-corrected chi connectivity index (χ3v) is 25.3. The fourth-order valence-electron chi connectivity index (χ4n) is 18.8. The zero-order valence-electron chi connectivity index (χ0n) is 67.1. The molecule has 608 valence electrons. The lowest BCUT2D eigenvalue weighted by Crippen LogP contribution is -2.71. The quantitative estimate of drug-likeness (QED) is 0.151. The zero-order valence-corrected chi connectivity index (χ0v) is 67.1. The summed E-state index contributed by atoms with van der Waals surface area (Å²) in [6.07, 6.45) is 6.96. The number of halogens is 3. The van der Waals surface area contributed by atoms with E-state index < -0.39 is 186 Å². The first-order valence-electron chi connectivity index (χ1n) is 40.1. The van der Waals surface area contributed by atoms with Gasteiger partial charge < -0.3 is 69.5 Å². The van der Waals surface area contributed by atoms with E-state index in [1.54, 1.807) is 33.1 Å². The number of carbonyl (C=O) groups excluding carboxylic acids is 12. The Labute approximate surface area is 638 Å². The van der Waals surface area contributed by atoms with Crippen molar-refractivity contribution in [3.63, 3.8) is 0 Å². The largest absolute Gasteiger partial charge is 0.391 e. The Bertz CT molecular complexity index is 3240. The number of methoxy groups -OCH3 is 1. The number of fused-ring (bicyclic) bond motifs is 3. The average Bonchev–Trinajstić information content (AvgIpc) is 0.889. The summed E-state index contributed by atoms with van der Waals surface area (Å²) in [6.45, 7) is 9.97. The van der Waals surface area contributed by atoms with Crippen molar-refractivity contribution in [1.82, 2.24) is 60.0 Å². The van der Waals surface area contributed by atoms with E-state index >= 15 is 33.6 Å². The zero-order chi connectivity index (χ0) is 79.6. The Balaban J connectivity index is 1.20. The highest BCUT2D eigenvalue weighted by Gasteiger charge is 2.60. The second-order valence-electron chi connectivity index (χ2n) is 34.0. The molecule has 8 aliphatic rings. The van der Waals surface area contributed by atoms with Crippen LogP contribution >= 0.6 is 0 Å². The van der Waals surface area contributed by atoms with Crippen LogP contribution < -0.4 is 16.0 Å². The highest BCUT2D eigenvalue weighted by molar-refractivity contribution is 6.01. The number of nitrogens with zero attached hydrogens (tertiary/aromatic N) is 9. The molecular weight excluding hydrogens is 1400 g/mol. The lowest BCUT2D eigenvalue weighted by Gasteiger charge is -2.54. The third-order valence-electron chi connectivity index (χ3n) is 25.3. The van der Waals surface area contributed by atoms with Crippen molar-refractivity contribution in [1.29, 1.82) is 0 Å². The van der Waals surface area contributed by atoms with Gasteiger partial charge >= 0.3 is 6.18 Å². The molecule has 0 aromatic heterocycles. The normalized spacial score (nSPS) is 32.3. The van der Waals surface area contributed by atoms with E-state index in [9.17, 15) is 37.1 Å². The van der Waals surface area contributed by atoms with E-state index in [1.165, 1.54) is 90.7 Å². The summed E-state index contributed by atoms with van der Waals surface area (Å²) >= 11 is 0. The first-order chi connectivity index (χ1) is 50.9. The van der Waals surface area contributed by atoms with Crippen LogP contribution in [0.1, 0.15) is 202 Å². The van der Waals surface area contributed by atoms with Crippen LogP contribution in [0.4, 0.5) is 13.2 Å². The predicted molar refractivity (Wildman–Crippen MR) is 398 cm³/mol. The molecule has 0 radical (unpaired) electrons. The minimum Gasteiger partial charge on any atom is -0.381 e. The van der Waals surface area contributed by atoms with Crippen molar-refractivity contribution in [3.05, 3.63) is 12.2 Å². The number of likely N-dealkylation sites (N-methyl/N-ethyl adjacent to an activating group) is 7. The lowest BCUT2D eigenvalue weighted by molar-refractivity contribution is -0.184. The van der Waals surface area contributed by atoms with Crippen LogP contribution in [0.2, 0.25) is 0 Å². The van der Waals surface area contributed by atoms with Gasteiger partial charge in [0.15, 0.2) is 0 Å². The topological polar surface area (TPSA) is 289 Å². The number of nitrogens with one attached hydrogen (secondary N) is 3. The average molecular weight is 1530 g/mol. The van der Waals surface area contributed by atoms with Crippen molar-refractivity contribution in [2.45, 2.75) is 274 Å². The minimum absolute atomic E-state index is 0.00240. The summed E-state index contributed by atoms with van der Waals surface area (Å²) in [7, 11) is 13.2. The Morgan fingerprint density at radius 3 is 1.90 bits per heavy atom. The summed E-state index contributed by atoms with van der Waals surface area (Å²) in [4.78, 5) is 194. The van der Waals surface area contributed by atoms with Crippen molar-refractivity contribution in [3.8, 4) is 0 Å². The van der Waals surface area contributed by atoms with Crippen molar-refractivity contribution in [2.24, 2.45) is 46.8 Å². The Morgan fingerprint density at radius 1 is 0.657 bits per heavy atom. The Hall–Kier alpha value is -6.91. The van der Waals surface area contributed by atoms with E-state index in [4.69, 9.17) is 9.47 Å². The molecule has 2 bridgehead atoms. The summed E-state index contributed by atoms with van der Waals surface area (Å²) in [5.74, 6) is -9.76. The van der Waals surface area contributed by atoms with Crippen LogP contribution in [0.3, 0.4) is 0 Å². The maximum Gasteiger partial charge on any atom is 0.391 e. The number of carbonyl (C=O) groups is 12. The van der Waals surface area contributed by atoms with Crippen molar-refractivity contribution >= 4 is 70.9 Å². The molecule has 2 saturated heterocycles. The molecule has 3 N–H and O–H groups in total. The number of alkyl halides is 3. The molecule has 13 atom stereocenters. The first kappa shape index (κ1) is 86.7. The van der Waals surface area contributed by atoms with Gasteiger partial charge in [0, 0.05) is 89.6 Å². The van der Waals surface area contributed by atoms with E-state index in [2.05, 4.69) is 16.0 Å². The van der Waals surface area contributed by atoms with Gasteiger partial charge in [-0.2, -0.15) is 13.2 Å². The summed E-state index contributed by atoms with van der Waals surface area (Å²) < 4.78 is 54.8. The summed E-state index contributed by atoms with van der Waals surface area (Å²) in [5.41, 5.74) is -2.10. The number of hydrogen-bond donors (Lipinski definition) is 3. The molecule has 8 rings (SSSR count). The molecule has 108 heavy (non-hydrogen) atoms. The van der Waals surface area contributed by atoms with Crippen LogP contribution in [0.5, 0.6) is 0 Å². The van der Waals surface area contributed by atoms with Gasteiger partial charge in [-0.3, -0.25) is 57.5 Å². The molecule has 29 heteroatoms. The molecular formula is C79H127F3N12O14. The summed E-state index contributed by atoms with van der Waals surface area (Å²) in [6, 6.07) is -10.2. The van der Waals surface area contributed by atoms with E-state index in [1.807, 2.05) is 27.7 Å². The number of ether oxygens (including phenoxy) is 2. The number of hydrogen-bond acceptors (Lipinski definition) is 14. The molecule has 0 aromatic carbocycles. The fraction of sp³-hybridized carbons (Fsp3) is 0.823. The predicted octanol–water partition coefficient (Wildman–Crippen LogP) is 6.32. The standard InChI is InChI=1S/C79H127F3N12O14/c1-16-24-57-68(98)84-66(48(4)17-2)74(104)88(10)45-65(97)90(12)58-27-20-19-23-38-93(73(58)103)61(39-49-28-34-53(35-29-49)79(80,81)82)72(102)87(9)44-63(95)83-56(37-31-50-30-36-55(51-32-33-51)62(40-50)107-15)70(100)94-43-54(108-18-3)41-59(94)69(99)85-78(46-77(5,6)47-78)76(106)92(14)67(52-25-21-22-26-52)75(105)91(13)60(71(101)86(7)8)42-64(96)89(57)11/h19-20,48-62,66-67H,16-18,21-47H2,1-15H3,(H,83,95)(H,84,98)(H,85,99)/b20-19-/t48-,49?,50?,53?,54+,55?,56-,57-,58-,59-,60-,61-,62?,66-,67-/m0/s1. The number of rotatable bonds is 15. The summed E-state index contributed by atoms with van der Waals surface area (Å²) in [5, 5.41) is 9.01. The maximum absolute atomic E-state index is 15.9. The Kier molecular flexibility index (Phi) is 30.0. The SMILES string of the molecule is CCC[C@H]1C(=O)N[C@@H]([C@@H](C)CC)C(=O)N(C)CC(=O)N(C)[C@H]2C/C=C\CCN(C2=O)[C@@H](CC2CCC(C(F)(F)F)CC2)C(=O)N(C)CC(=O)N[C@@H](CCC2CCC(C3CC3)C(OC)C2)C(=O)N2C[C@H](OCC)C[C@H]2C(=O)NC2(CC(C)(C)C2)C(=O)N(C)[C@@H](C2CCCC2)C(=O)N(C)[C@H](C(=O)N(C)C)CC(=O)N1C. The van der Waals surface area contributed by atoms with Crippen molar-refractivity contribution in [2.75, 3.05) is 96.3 Å². The van der Waals surface area contributed by atoms with Gasteiger partial charge in [-0.05, 0) is 170 Å². The highest BCUT2D eigenvalue weighted by atomic mass is 19.4. The van der Waals surface area contributed by atoms with Crippen molar-refractivity contribution < 1.29 is 80.2 Å².